The van der Waals surface area contributed by atoms with E-state index in [-0.39, 0.29) is 0 Å². The van der Waals surface area contributed by atoms with Gasteiger partial charge in [-0.25, -0.2) is 0 Å². The van der Waals surface area contributed by atoms with Crippen LogP contribution in [-0.2, 0) is 9.63 Å². The van der Waals surface area contributed by atoms with Crippen molar-refractivity contribution >= 4 is 22.9 Å². The maximum atomic E-state index is 11.4. The van der Waals surface area contributed by atoms with Crippen molar-refractivity contribution in [3.8, 4) is 11.5 Å². The Morgan fingerprint density at radius 1 is 1.05 bits per heavy atom. The van der Waals surface area contributed by atoms with Crippen LogP contribution >= 0.6 is 0 Å². The fraction of sp³-hybridized carbons (Fsp3) is 0.353. The number of anilines is 1. The van der Waals surface area contributed by atoms with Crippen LogP contribution in [-0.4, -0.2) is 26.2 Å². The molecule has 0 aliphatic rings. The second-order valence-electron chi connectivity index (χ2n) is 5.84. The fourth-order valence-corrected chi connectivity index (χ4v) is 2.20. The molecule has 0 aliphatic carbocycles. The number of amides is 1. The van der Waals surface area contributed by atoms with Gasteiger partial charge in [0.15, 0.2) is 11.5 Å². The van der Waals surface area contributed by atoms with Crippen LogP contribution in [0.5, 0.6) is 11.5 Å². The molecule has 0 spiro atoms. The number of hydrogen-bond donors (Lipinski definition) is 0. The molecule has 0 unspecified atom stereocenters. The summed E-state index contributed by atoms with van der Waals surface area (Å²) in [6, 6.07) is 9.35. The Balaban J connectivity index is 2.60. The summed E-state index contributed by atoms with van der Waals surface area (Å²) in [5.74, 6) is 1.24. The van der Waals surface area contributed by atoms with Gasteiger partial charge in [0.2, 0.25) is 6.41 Å². The molecule has 22 heavy (non-hydrogen) atoms. The second-order valence-corrected chi connectivity index (χ2v) is 5.84. The zero-order valence-corrected chi connectivity index (χ0v) is 13.5. The van der Waals surface area contributed by atoms with Crippen molar-refractivity contribution in [1.82, 2.24) is 0 Å². The van der Waals surface area contributed by atoms with E-state index in [1.165, 1.54) is 5.06 Å². The molecule has 2 aromatic carbocycles. The highest BCUT2D eigenvalue weighted by molar-refractivity contribution is 5.99. The molecular formula is C17H21NO4. The molecule has 0 saturated heterocycles. The lowest BCUT2D eigenvalue weighted by atomic mass is 10.1. The van der Waals surface area contributed by atoms with Gasteiger partial charge in [0, 0.05) is 5.39 Å². The Bertz CT molecular complexity index is 676. The van der Waals surface area contributed by atoms with Gasteiger partial charge in [0.05, 0.1) is 25.5 Å². The van der Waals surface area contributed by atoms with Crippen molar-refractivity contribution < 1.29 is 19.1 Å². The van der Waals surface area contributed by atoms with Crippen LogP contribution in [0.2, 0.25) is 0 Å². The number of rotatable bonds is 5. The van der Waals surface area contributed by atoms with Gasteiger partial charge in [0.1, 0.15) is 0 Å². The molecule has 5 nitrogen and oxygen atoms in total. The first kappa shape index (κ1) is 16.1. The minimum atomic E-state index is -0.486. The van der Waals surface area contributed by atoms with E-state index in [9.17, 15) is 4.79 Å². The zero-order chi connectivity index (χ0) is 16.3. The van der Waals surface area contributed by atoms with Gasteiger partial charge in [-0.05, 0) is 44.4 Å². The summed E-state index contributed by atoms with van der Waals surface area (Å²) in [7, 11) is 3.17. The van der Waals surface area contributed by atoms with E-state index < -0.39 is 5.60 Å². The monoisotopic (exact) mass is 303 g/mol. The largest absolute Gasteiger partial charge is 0.493 e. The Kier molecular flexibility index (Phi) is 4.56. The number of carbonyl (C=O) groups is 1. The molecule has 2 rings (SSSR count). The standard InChI is InChI=1S/C17H21NO4/c1-17(2,3)22-18(11-19)14-8-6-7-12-9-15(20-4)16(21-5)10-13(12)14/h6-11H,1-5H3. The highest BCUT2D eigenvalue weighted by Crippen LogP contribution is 2.36. The smallest absolute Gasteiger partial charge is 0.238 e. The summed E-state index contributed by atoms with van der Waals surface area (Å²) in [5.41, 5.74) is 0.169. The number of nitrogens with zero attached hydrogens (tertiary/aromatic N) is 1. The van der Waals surface area contributed by atoms with Gasteiger partial charge >= 0.3 is 0 Å². The van der Waals surface area contributed by atoms with Gasteiger partial charge in [-0.3, -0.25) is 9.63 Å². The van der Waals surface area contributed by atoms with Crippen LogP contribution in [0.1, 0.15) is 20.8 Å². The van der Waals surface area contributed by atoms with E-state index in [2.05, 4.69) is 0 Å². The summed E-state index contributed by atoms with van der Waals surface area (Å²) in [6.07, 6.45) is 0.663. The second kappa shape index (κ2) is 6.23. The molecule has 0 aliphatic heterocycles. The van der Waals surface area contributed by atoms with Crippen molar-refractivity contribution in [2.45, 2.75) is 26.4 Å². The van der Waals surface area contributed by atoms with E-state index >= 15 is 0 Å². The Labute approximate surface area is 130 Å². The molecule has 0 N–H and O–H groups in total. The lowest BCUT2D eigenvalue weighted by Gasteiger charge is -2.27. The lowest BCUT2D eigenvalue weighted by Crippen LogP contribution is -2.33. The number of methoxy groups -OCH3 is 2. The Morgan fingerprint density at radius 2 is 1.68 bits per heavy atom. The Morgan fingerprint density at radius 3 is 2.23 bits per heavy atom. The van der Waals surface area contributed by atoms with Crippen LogP contribution in [0.25, 0.3) is 10.8 Å². The predicted octanol–water partition coefficient (Wildman–Crippen LogP) is 3.55. The topological polar surface area (TPSA) is 48.0 Å². The van der Waals surface area contributed by atoms with Gasteiger partial charge in [-0.1, -0.05) is 12.1 Å². The minimum absolute atomic E-state index is 0.486. The highest BCUT2D eigenvalue weighted by atomic mass is 16.7. The molecular weight excluding hydrogens is 282 g/mol. The molecule has 0 radical (unpaired) electrons. The first-order valence-electron chi connectivity index (χ1n) is 6.98. The molecule has 0 atom stereocenters. The fourth-order valence-electron chi connectivity index (χ4n) is 2.20. The SMILES string of the molecule is COc1cc2cccc(N(C=O)OC(C)(C)C)c2cc1OC. The molecule has 5 heteroatoms. The molecule has 0 aromatic heterocycles. The highest BCUT2D eigenvalue weighted by Gasteiger charge is 2.20. The first-order chi connectivity index (χ1) is 10.4. The number of fused-ring (bicyclic) bond motifs is 1. The quantitative estimate of drug-likeness (QED) is 0.626. The summed E-state index contributed by atoms with van der Waals surface area (Å²) in [6.45, 7) is 5.66. The maximum absolute atomic E-state index is 11.4. The lowest BCUT2D eigenvalue weighted by molar-refractivity contribution is -0.120. The molecule has 0 bridgehead atoms. The summed E-state index contributed by atoms with van der Waals surface area (Å²) >= 11 is 0. The molecule has 1 amide bonds. The minimum Gasteiger partial charge on any atom is -0.493 e. The third kappa shape index (κ3) is 3.31. The predicted molar refractivity (Wildman–Crippen MR) is 86.4 cm³/mol. The number of benzene rings is 2. The van der Waals surface area contributed by atoms with Crippen LogP contribution in [0, 0.1) is 0 Å². The van der Waals surface area contributed by atoms with Crippen molar-refractivity contribution in [3.63, 3.8) is 0 Å². The number of carbonyl (C=O) groups excluding carboxylic acids is 1. The molecule has 0 saturated carbocycles. The molecule has 118 valence electrons. The van der Waals surface area contributed by atoms with E-state index in [1.807, 2.05) is 51.1 Å². The van der Waals surface area contributed by atoms with Gasteiger partial charge < -0.3 is 9.47 Å². The number of hydroxylamine groups is 1. The Hall–Kier alpha value is -2.27. The van der Waals surface area contributed by atoms with Crippen molar-refractivity contribution in [2.24, 2.45) is 0 Å². The van der Waals surface area contributed by atoms with E-state index in [0.717, 1.165) is 10.8 Å². The van der Waals surface area contributed by atoms with Crippen LogP contribution < -0.4 is 14.5 Å². The normalized spacial score (nSPS) is 11.3. The van der Waals surface area contributed by atoms with E-state index in [4.69, 9.17) is 14.3 Å². The van der Waals surface area contributed by atoms with Crippen molar-refractivity contribution in [1.29, 1.82) is 0 Å². The van der Waals surface area contributed by atoms with Gasteiger partial charge in [-0.2, -0.15) is 5.06 Å². The zero-order valence-electron chi connectivity index (χ0n) is 13.5. The van der Waals surface area contributed by atoms with Crippen molar-refractivity contribution in [2.75, 3.05) is 19.3 Å². The van der Waals surface area contributed by atoms with E-state index in [0.29, 0.717) is 23.6 Å². The number of ether oxygens (including phenoxy) is 2. The third-order valence-electron chi connectivity index (χ3n) is 3.07. The van der Waals surface area contributed by atoms with Crippen LogP contribution in [0.4, 0.5) is 5.69 Å². The molecule has 2 aromatic rings. The van der Waals surface area contributed by atoms with Gasteiger partial charge in [-0.15, -0.1) is 0 Å². The van der Waals surface area contributed by atoms with Crippen LogP contribution in [0.15, 0.2) is 30.3 Å². The van der Waals surface area contributed by atoms with E-state index in [1.54, 1.807) is 14.2 Å². The average Bonchev–Trinajstić information content (AvgIpc) is 2.49. The molecule has 0 fully saturated rings. The first-order valence-corrected chi connectivity index (χ1v) is 6.98. The maximum Gasteiger partial charge on any atom is 0.238 e. The van der Waals surface area contributed by atoms with Crippen molar-refractivity contribution in [3.05, 3.63) is 30.3 Å². The third-order valence-corrected chi connectivity index (χ3v) is 3.07. The summed E-state index contributed by atoms with van der Waals surface area (Å²) in [4.78, 5) is 17.2. The summed E-state index contributed by atoms with van der Waals surface area (Å²) in [5, 5.41) is 3.02. The van der Waals surface area contributed by atoms with Gasteiger partial charge in [0.25, 0.3) is 0 Å². The summed E-state index contributed by atoms with van der Waals surface area (Å²) < 4.78 is 10.7. The molecule has 0 heterocycles. The van der Waals surface area contributed by atoms with Crippen LogP contribution in [0.3, 0.4) is 0 Å². The number of hydrogen-bond acceptors (Lipinski definition) is 4. The average molecular weight is 303 g/mol.